The van der Waals surface area contributed by atoms with Crippen molar-refractivity contribution in [1.29, 1.82) is 0 Å². The van der Waals surface area contributed by atoms with Crippen LogP contribution in [0.5, 0.6) is 0 Å². The molecule has 3 aromatic rings. The van der Waals surface area contributed by atoms with Gasteiger partial charge in [0.15, 0.2) is 0 Å². The molecule has 6 heteroatoms. The van der Waals surface area contributed by atoms with E-state index in [1.54, 1.807) is 25.1 Å². The minimum atomic E-state index is -0.561. The minimum Gasteiger partial charge on any atom is -0.343 e. The Hall–Kier alpha value is -3.25. The third-order valence-electron chi connectivity index (χ3n) is 5.76. The van der Waals surface area contributed by atoms with Gasteiger partial charge < -0.3 is 15.5 Å². The van der Waals surface area contributed by atoms with Gasteiger partial charge in [0.05, 0.1) is 18.1 Å². The molecule has 2 atom stereocenters. The number of anilines is 1. The zero-order chi connectivity index (χ0) is 21.1. The van der Waals surface area contributed by atoms with Crippen molar-refractivity contribution in [2.75, 3.05) is 11.9 Å². The number of likely N-dealkylation sites (N-methyl/N-ethyl adjacent to an activating group) is 1. The summed E-state index contributed by atoms with van der Waals surface area (Å²) in [6.07, 6.45) is 3.08. The Morgan fingerprint density at radius 1 is 1.17 bits per heavy atom. The highest BCUT2D eigenvalue weighted by molar-refractivity contribution is 6.01. The van der Waals surface area contributed by atoms with Crippen molar-refractivity contribution >= 4 is 28.4 Å². The SMILES string of the molecule is CNC(C)C(=O)N[C@H]1CCc2ccccc2N(Cc2ccnc3ccccc23)C1=O. The van der Waals surface area contributed by atoms with Crippen LogP contribution in [0.3, 0.4) is 0 Å². The summed E-state index contributed by atoms with van der Waals surface area (Å²) < 4.78 is 0. The number of amides is 2. The van der Waals surface area contributed by atoms with Gasteiger partial charge in [0, 0.05) is 17.3 Å². The number of carbonyl (C=O) groups excluding carboxylic acids is 2. The molecule has 2 amide bonds. The average Bonchev–Trinajstić information content (AvgIpc) is 2.91. The molecular weight excluding hydrogens is 376 g/mol. The van der Waals surface area contributed by atoms with Crippen LogP contribution in [0, 0.1) is 0 Å². The molecule has 0 saturated carbocycles. The number of fused-ring (bicyclic) bond motifs is 2. The lowest BCUT2D eigenvalue weighted by Gasteiger charge is -2.27. The van der Waals surface area contributed by atoms with E-state index in [1.165, 1.54) is 0 Å². The molecule has 2 N–H and O–H groups in total. The molecule has 1 unspecified atom stereocenters. The maximum Gasteiger partial charge on any atom is 0.249 e. The Morgan fingerprint density at radius 3 is 2.77 bits per heavy atom. The van der Waals surface area contributed by atoms with Gasteiger partial charge in [0.1, 0.15) is 6.04 Å². The Balaban J connectivity index is 1.70. The van der Waals surface area contributed by atoms with Crippen LogP contribution in [0.15, 0.2) is 60.8 Å². The first-order valence-corrected chi connectivity index (χ1v) is 10.3. The molecule has 30 heavy (non-hydrogen) atoms. The van der Waals surface area contributed by atoms with E-state index in [2.05, 4.69) is 21.7 Å². The highest BCUT2D eigenvalue weighted by Crippen LogP contribution is 2.30. The molecule has 1 aliphatic heterocycles. The van der Waals surface area contributed by atoms with Crippen LogP contribution in [0.1, 0.15) is 24.5 Å². The highest BCUT2D eigenvalue weighted by atomic mass is 16.2. The molecular formula is C24H26N4O2. The lowest BCUT2D eigenvalue weighted by Crippen LogP contribution is -2.52. The second-order valence-electron chi connectivity index (χ2n) is 7.65. The summed E-state index contributed by atoms with van der Waals surface area (Å²) in [4.78, 5) is 32.3. The number of para-hydroxylation sites is 2. The number of rotatable bonds is 5. The number of pyridine rings is 1. The van der Waals surface area contributed by atoms with Crippen LogP contribution in [0.25, 0.3) is 10.9 Å². The molecule has 154 valence electrons. The van der Waals surface area contributed by atoms with Crippen LogP contribution in [-0.2, 0) is 22.6 Å². The number of hydrogen-bond acceptors (Lipinski definition) is 4. The molecule has 2 aromatic carbocycles. The molecule has 0 radical (unpaired) electrons. The molecule has 1 aliphatic rings. The van der Waals surface area contributed by atoms with Crippen molar-refractivity contribution in [2.45, 2.75) is 38.4 Å². The van der Waals surface area contributed by atoms with Crippen molar-refractivity contribution < 1.29 is 9.59 Å². The maximum absolute atomic E-state index is 13.6. The minimum absolute atomic E-state index is 0.0857. The predicted molar refractivity (Wildman–Crippen MR) is 118 cm³/mol. The van der Waals surface area contributed by atoms with E-state index in [9.17, 15) is 9.59 Å². The number of hydrogen-bond donors (Lipinski definition) is 2. The van der Waals surface area contributed by atoms with Crippen molar-refractivity contribution in [2.24, 2.45) is 0 Å². The fourth-order valence-electron chi connectivity index (χ4n) is 3.90. The Morgan fingerprint density at radius 2 is 1.93 bits per heavy atom. The summed E-state index contributed by atoms with van der Waals surface area (Å²) in [6, 6.07) is 17.0. The molecule has 0 spiro atoms. The Bertz CT molecular complexity index is 1080. The second kappa shape index (κ2) is 8.63. The first-order valence-electron chi connectivity index (χ1n) is 10.3. The lowest BCUT2D eigenvalue weighted by molar-refractivity contribution is -0.128. The standard InChI is InChI=1S/C24H26N4O2/c1-16(25-2)23(29)27-21-12-11-17-7-3-6-10-22(17)28(24(21)30)15-18-13-14-26-20-9-5-4-8-19(18)20/h3-10,13-14,16,21,25H,11-12,15H2,1-2H3,(H,27,29)/t16?,21-/m0/s1. The number of nitrogens with one attached hydrogen (secondary N) is 2. The fourth-order valence-corrected chi connectivity index (χ4v) is 3.90. The van der Waals surface area contributed by atoms with E-state index in [0.717, 1.165) is 34.1 Å². The molecule has 0 saturated heterocycles. The van der Waals surface area contributed by atoms with E-state index in [1.807, 2.05) is 48.5 Å². The van der Waals surface area contributed by atoms with Crippen LogP contribution < -0.4 is 15.5 Å². The summed E-state index contributed by atoms with van der Waals surface area (Å²) >= 11 is 0. The van der Waals surface area contributed by atoms with Gasteiger partial charge in [-0.15, -0.1) is 0 Å². The maximum atomic E-state index is 13.6. The lowest BCUT2D eigenvalue weighted by atomic mass is 10.1. The summed E-state index contributed by atoms with van der Waals surface area (Å²) in [6.45, 7) is 2.21. The Labute approximate surface area is 176 Å². The van der Waals surface area contributed by atoms with E-state index in [0.29, 0.717) is 13.0 Å². The molecule has 4 rings (SSSR count). The van der Waals surface area contributed by atoms with Crippen LogP contribution in [0.2, 0.25) is 0 Å². The molecule has 2 heterocycles. The van der Waals surface area contributed by atoms with Gasteiger partial charge in [-0.1, -0.05) is 36.4 Å². The van der Waals surface area contributed by atoms with E-state index in [-0.39, 0.29) is 17.9 Å². The first kappa shape index (κ1) is 20.0. The second-order valence-corrected chi connectivity index (χ2v) is 7.65. The number of carbonyl (C=O) groups is 2. The molecule has 1 aromatic heterocycles. The summed E-state index contributed by atoms with van der Waals surface area (Å²) in [5.41, 5.74) is 3.95. The average molecular weight is 402 g/mol. The Kier molecular flexibility index (Phi) is 5.77. The van der Waals surface area contributed by atoms with E-state index < -0.39 is 6.04 Å². The van der Waals surface area contributed by atoms with Crippen molar-refractivity contribution in [1.82, 2.24) is 15.6 Å². The van der Waals surface area contributed by atoms with Gasteiger partial charge in [0.25, 0.3) is 0 Å². The smallest absolute Gasteiger partial charge is 0.249 e. The summed E-state index contributed by atoms with van der Waals surface area (Å²) in [5, 5.41) is 6.90. The molecule has 0 bridgehead atoms. The number of benzene rings is 2. The quantitative estimate of drug-likeness (QED) is 0.688. The van der Waals surface area contributed by atoms with Gasteiger partial charge in [-0.05, 0) is 56.1 Å². The molecule has 0 aliphatic carbocycles. The van der Waals surface area contributed by atoms with Crippen molar-refractivity contribution in [3.05, 3.63) is 71.9 Å². The van der Waals surface area contributed by atoms with Crippen LogP contribution in [0.4, 0.5) is 5.69 Å². The zero-order valence-electron chi connectivity index (χ0n) is 17.3. The van der Waals surface area contributed by atoms with Gasteiger partial charge in [-0.3, -0.25) is 14.6 Å². The topological polar surface area (TPSA) is 74.3 Å². The fraction of sp³-hybridized carbons (Fsp3) is 0.292. The van der Waals surface area contributed by atoms with Crippen molar-refractivity contribution in [3.63, 3.8) is 0 Å². The summed E-state index contributed by atoms with van der Waals surface area (Å²) in [7, 11) is 1.73. The normalized spacial score (nSPS) is 17.3. The third-order valence-corrected chi connectivity index (χ3v) is 5.76. The first-order chi connectivity index (χ1) is 14.6. The van der Waals surface area contributed by atoms with Gasteiger partial charge in [0.2, 0.25) is 11.8 Å². The molecule has 6 nitrogen and oxygen atoms in total. The van der Waals surface area contributed by atoms with Crippen LogP contribution >= 0.6 is 0 Å². The van der Waals surface area contributed by atoms with E-state index >= 15 is 0 Å². The predicted octanol–water partition coefficient (Wildman–Crippen LogP) is 2.81. The third kappa shape index (κ3) is 3.91. The molecule has 0 fully saturated rings. The zero-order valence-corrected chi connectivity index (χ0v) is 17.3. The van der Waals surface area contributed by atoms with Gasteiger partial charge in [-0.25, -0.2) is 0 Å². The van der Waals surface area contributed by atoms with Crippen LogP contribution in [-0.4, -0.2) is 35.9 Å². The largest absolute Gasteiger partial charge is 0.343 e. The van der Waals surface area contributed by atoms with Gasteiger partial charge in [-0.2, -0.15) is 0 Å². The van der Waals surface area contributed by atoms with Crippen molar-refractivity contribution in [3.8, 4) is 0 Å². The van der Waals surface area contributed by atoms with E-state index in [4.69, 9.17) is 0 Å². The number of aromatic nitrogens is 1. The number of nitrogens with zero attached hydrogens (tertiary/aromatic N) is 2. The van der Waals surface area contributed by atoms with Gasteiger partial charge >= 0.3 is 0 Å². The number of aryl methyl sites for hydroxylation is 1. The highest BCUT2D eigenvalue weighted by Gasteiger charge is 2.32. The monoisotopic (exact) mass is 402 g/mol. The summed E-state index contributed by atoms with van der Waals surface area (Å²) in [5.74, 6) is -0.256.